The van der Waals surface area contributed by atoms with Crippen molar-refractivity contribution in [3.8, 4) is 0 Å². The summed E-state index contributed by atoms with van der Waals surface area (Å²) in [5, 5.41) is 20.6. The molecule has 0 aliphatic carbocycles. The van der Waals surface area contributed by atoms with Crippen LogP contribution in [0.5, 0.6) is 0 Å². The number of hydrogen-bond donors (Lipinski definition) is 2. The molecule has 172 valence electrons. The van der Waals surface area contributed by atoms with Crippen molar-refractivity contribution >= 4 is 40.5 Å². The molecular weight excluding hydrogens is 442 g/mol. The molecule has 1 atom stereocenters. The monoisotopic (exact) mass is 467 g/mol. The molecule has 4 rings (SSSR count). The first kappa shape index (κ1) is 23.0. The number of hydrogen-bond acceptors (Lipinski definition) is 4. The Balaban J connectivity index is 1.50. The summed E-state index contributed by atoms with van der Waals surface area (Å²) >= 11 is 6.13. The van der Waals surface area contributed by atoms with E-state index in [9.17, 15) is 19.8 Å². The first-order valence-corrected chi connectivity index (χ1v) is 11.2. The van der Waals surface area contributed by atoms with Gasteiger partial charge in [0.05, 0.1) is 5.52 Å². The van der Waals surface area contributed by atoms with Gasteiger partial charge in [0.25, 0.3) is 0 Å². The van der Waals surface area contributed by atoms with Crippen molar-refractivity contribution in [2.24, 2.45) is 0 Å². The molecule has 2 aromatic carbocycles. The first-order chi connectivity index (χ1) is 15.9. The van der Waals surface area contributed by atoms with E-state index >= 15 is 0 Å². The lowest BCUT2D eigenvalue weighted by molar-refractivity contribution is -0.144. The highest BCUT2D eigenvalue weighted by atomic mass is 35.5. The summed E-state index contributed by atoms with van der Waals surface area (Å²) in [6.45, 7) is 3.26. The van der Waals surface area contributed by atoms with Crippen molar-refractivity contribution in [2.75, 3.05) is 32.7 Å². The van der Waals surface area contributed by atoms with Crippen LogP contribution in [0.3, 0.4) is 0 Å². The van der Waals surface area contributed by atoms with Crippen LogP contribution in [0, 0.1) is 0 Å². The lowest BCUT2D eigenvalue weighted by Gasteiger charge is -2.37. The molecule has 1 aliphatic rings. The highest BCUT2D eigenvalue weighted by Crippen LogP contribution is 2.33. The number of carbonyl (C=O) groups is 2. The smallest absolute Gasteiger partial charge is 0.325 e. The molecule has 7 nitrogen and oxygen atoms in total. The second-order valence-electron chi connectivity index (χ2n) is 8.16. The predicted octanol–water partition coefficient (Wildman–Crippen LogP) is 3.84. The normalized spacial score (nSPS) is 16.4. The molecule has 8 heteroatoms. The number of benzene rings is 2. The van der Waals surface area contributed by atoms with Gasteiger partial charge in [0.15, 0.2) is 0 Å². The molecule has 2 heterocycles. The van der Waals surface area contributed by atoms with Crippen LogP contribution in [0.15, 0.2) is 60.8 Å². The Bertz CT molecular complexity index is 1170. The van der Waals surface area contributed by atoms with E-state index in [4.69, 9.17) is 11.6 Å². The Morgan fingerprint density at radius 3 is 2.42 bits per heavy atom. The fourth-order valence-electron chi connectivity index (χ4n) is 4.38. The summed E-state index contributed by atoms with van der Waals surface area (Å²) in [7, 11) is 0. The minimum absolute atomic E-state index is 0.259. The van der Waals surface area contributed by atoms with Gasteiger partial charge in [0, 0.05) is 54.9 Å². The number of carboxylic acid groups (broad SMARTS) is 2. The van der Waals surface area contributed by atoms with Crippen LogP contribution in [0.25, 0.3) is 17.0 Å². The zero-order chi connectivity index (χ0) is 23.4. The molecule has 0 radical (unpaired) electrons. The molecule has 1 fully saturated rings. The summed E-state index contributed by atoms with van der Waals surface area (Å²) in [6, 6.07) is 14.4. The zero-order valence-electron chi connectivity index (χ0n) is 18.1. The standard InChI is InChI=1S/C25H26ClN3O4/c26-19-8-9-20-21(16-29(17-23(30)31)22(20)15-19)24(25(32)33)28-13-11-27(12-14-28)10-4-7-18-5-2-1-3-6-18/h1-9,15-16,24H,10-14,17H2,(H,30,31)(H,32,33). The van der Waals surface area contributed by atoms with Crippen LogP contribution in [0.4, 0.5) is 0 Å². The highest BCUT2D eigenvalue weighted by Gasteiger charge is 2.32. The van der Waals surface area contributed by atoms with Crippen molar-refractivity contribution < 1.29 is 19.8 Å². The van der Waals surface area contributed by atoms with Gasteiger partial charge in [-0.15, -0.1) is 0 Å². The van der Waals surface area contributed by atoms with E-state index in [1.165, 1.54) is 0 Å². The van der Waals surface area contributed by atoms with Gasteiger partial charge in [0.2, 0.25) is 0 Å². The van der Waals surface area contributed by atoms with Crippen LogP contribution < -0.4 is 0 Å². The maximum atomic E-state index is 12.3. The Kier molecular flexibility index (Phi) is 7.13. The minimum Gasteiger partial charge on any atom is -0.480 e. The van der Waals surface area contributed by atoms with E-state index in [0.29, 0.717) is 34.6 Å². The van der Waals surface area contributed by atoms with Crippen LogP contribution in [0.2, 0.25) is 5.02 Å². The topological polar surface area (TPSA) is 86.0 Å². The van der Waals surface area contributed by atoms with Crippen LogP contribution in [-0.4, -0.2) is 69.2 Å². The summed E-state index contributed by atoms with van der Waals surface area (Å²) in [5.41, 5.74) is 2.36. The van der Waals surface area contributed by atoms with Gasteiger partial charge < -0.3 is 14.8 Å². The number of rotatable bonds is 8. The van der Waals surface area contributed by atoms with Crippen LogP contribution in [-0.2, 0) is 16.1 Å². The lowest BCUT2D eigenvalue weighted by atomic mass is 10.0. The van der Waals surface area contributed by atoms with Crippen molar-refractivity contribution in [3.05, 3.63) is 77.0 Å². The fourth-order valence-corrected chi connectivity index (χ4v) is 4.55. The number of piperazine rings is 1. The number of fused-ring (bicyclic) bond motifs is 1. The third-order valence-corrected chi connectivity index (χ3v) is 6.19. The largest absolute Gasteiger partial charge is 0.480 e. The van der Waals surface area contributed by atoms with Crippen molar-refractivity contribution in [1.82, 2.24) is 14.4 Å². The molecule has 0 spiro atoms. The quantitative estimate of drug-likeness (QED) is 0.523. The van der Waals surface area contributed by atoms with Gasteiger partial charge in [-0.2, -0.15) is 0 Å². The van der Waals surface area contributed by atoms with Crippen LogP contribution >= 0.6 is 11.6 Å². The summed E-state index contributed by atoms with van der Waals surface area (Å²) < 4.78 is 1.56. The molecule has 33 heavy (non-hydrogen) atoms. The number of halogens is 1. The van der Waals surface area contributed by atoms with Gasteiger partial charge in [-0.05, 0) is 17.7 Å². The maximum absolute atomic E-state index is 12.3. The summed E-state index contributed by atoms with van der Waals surface area (Å²) in [6.07, 6.45) is 5.86. The van der Waals surface area contributed by atoms with Gasteiger partial charge in [-0.3, -0.25) is 19.4 Å². The molecule has 3 aromatic rings. The molecule has 0 bridgehead atoms. The molecule has 1 saturated heterocycles. The third-order valence-electron chi connectivity index (χ3n) is 5.95. The van der Waals surface area contributed by atoms with E-state index < -0.39 is 18.0 Å². The molecule has 1 aliphatic heterocycles. The second kappa shape index (κ2) is 10.2. The van der Waals surface area contributed by atoms with E-state index in [2.05, 4.69) is 29.2 Å². The van der Waals surface area contributed by atoms with Crippen molar-refractivity contribution in [2.45, 2.75) is 12.6 Å². The molecule has 2 N–H and O–H groups in total. The number of aromatic nitrogens is 1. The lowest BCUT2D eigenvalue weighted by Crippen LogP contribution is -2.49. The number of nitrogens with zero attached hydrogens (tertiary/aromatic N) is 3. The van der Waals surface area contributed by atoms with Crippen molar-refractivity contribution in [1.29, 1.82) is 0 Å². The van der Waals surface area contributed by atoms with E-state index in [1.807, 2.05) is 23.1 Å². The Morgan fingerprint density at radius 2 is 1.76 bits per heavy atom. The molecule has 0 saturated carbocycles. The Morgan fingerprint density at radius 1 is 1.03 bits per heavy atom. The summed E-state index contributed by atoms with van der Waals surface area (Å²) in [5.74, 6) is -1.95. The van der Waals surface area contributed by atoms with Gasteiger partial charge in [0.1, 0.15) is 12.6 Å². The average Bonchev–Trinajstić information content (AvgIpc) is 3.12. The summed E-state index contributed by atoms with van der Waals surface area (Å²) in [4.78, 5) is 27.9. The fraction of sp³-hybridized carbons (Fsp3) is 0.280. The Hall–Kier alpha value is -3.13. The molecule has 1 aromatic heterocycles. The second-order valence-corrected chi connectivity index (χ2v) is 8.59. The number of aliphatic carboxylic acids is 2. The first-order valence-electron chi connectivity index (χ1n) is 10.8. The number of carboxylic acids is 2. The molecular formula is C25H26ClN3O4. The average molecular weight is 468 g/mol. The van der Waals surface area contributed by atoms with Gasteiger partial charge in [-0.25, -0.2) is 0 Å². The van der Waals surface area contributed by atoms with E-state index in [0.717, 1.165) is 25.2 Å². The maximum Gasteiger partial charge on any atom is 0.325 e. The van der Waals surface area contributed by atoms with Gasteiger partial charge >= 0.3 is 11.9 Å². The molecule has 1 unspecified atom stereocenters. The molecule has 0 amide bonds. The SMILES string of the molecule is O=C(O)Cn1cc(C(C(=O)O)N2CCN(CC=Cc3ccccc3)CC2)c2ccc(Cl)cc21. The highest BCUT2D eigenvalue weighted by molar-refractivity contribution is 6.31. The van der Waals surface area contributed by atoms with Crippen LogP contribution in [0.1, 0.15) is 17.2 Å². The van der Waals surface area contributed by atoms with E-state index in [1.54, 1.807) is 29.0 Å². The minimum atomic E-state index is -0.998. The Labute approximate surface area is 197 Å². The predicted molar refractivity (Wildman–Crippen MR) is 128 cm³/mol. The zero-order valence-corrected chi connectivity index (χ0v) is 18.9. The van der Waals surface area contributed by atoms with E-state index in [-0.39, 0.29) is 6.54 Å². The van der Waals surface area contributed by atoms with Gasteiger partial charge in [-0.1, -0.05) is 60.2 Å². The third kappa shape index (κ3) is 5.45. The van der Waals surface area contributed by atoms with Crippen molar-refractivity contribution in [3.63, 3.8) is 0 Å².